The number of carbonyl (C=O) groups is 1. The number of carbonyl (C=O) groups excluding carboxylic acids is 1. The van der Waals surface area contributed by atoms with Gasteiger partial charge in [-0.1, -0.05) is 24.3 Å². The molecule has 0 spiro atoms. The molecular formula is C20H18FN3O2. The maximum absolute atomic E-state index is 12.9. The van der Waals surface area contributed by atoms with Gasteiger partial charge in [0.15, 0.2) is 0 Å². The van der Waals surface area contributed by atoms with Crippen molar-refractivity contribution in [2.75, 3.05) is 6.54 Å². The van der Waals surface area contributed by atoms with E-state index in [0.717, 1.165) is 5.56 Å². The zero-order valence-electron chi connectivity index (χ0n) is 14.3. The van der Waals surface area contributed by atoms with Crippen LogP contribution in [0.4, 0.5) is 4.39 Å². The molecule has 2 aromatic carbocycles. The van der Waals surface area contributed by atoms with Crippen molar-refractivity contribution < 1.29 is 9.18 Å². The molecule has 0 aliphatic heterocycles. The highest BCUT2D eigenvalue weighted by Crippen LogP contribution is 2.09. The molecule has 0 aliphatic carbocycles. The molecule has 1 N–H and O–H groups in total. The number of fused-ring (bicyclic) bond motifs is 1. The highest BCUT2D eigenvalue weighted by molar-refractivity contribution is 5.91. The number of amides is 1. The van der Waals surface area contributed by atoms with E-state index in [0.29, 0.717) is 23.3 Å². The molecule has 1 heterocycles. The SMILES string of the molecule is CCN(Cc1nc2ccccc2c(=O)[nH]1)C(=O)C=Cc1ccc(F)cc1. The van der Waals surface area contributed by atoms with Crippen LogP contribution in [0.3, 0.4) is 0 Å². The lowest BCUT2D eigenvalue weighted by atomic mass is 10.2. The second-order valence-corrected chi connectivity index (χ2v) is 5.77. The largest absolute Gasteiger partial charge is 0.332 e. The molecular weight excluding hydrogens is 333 g/mol. The van der Waals surface area contributed by atoms with Crippen molar-refractivity contribution in [1.29, 1.82) is 0 Å². The molecule has 0 saturated heterocycles. The Morgan fingerprint density at radius 1 is 1.19 bits per heavy atom. The van der Waals surface area contributed by atoms with Crippen LogP contribution in [0.15, 0.2) is 59.4 Å². The second-order valence-electron chi connectivity index (χ2n) is 5.77. The molecule has 0 bridgehead atoms. The fourth-order valence-corrected chi connectivity index (χ4v) is 2.58. The van der Waals surface area contributed by atoms with Gasteiger partial charge >= 0.3 is 0 Å². The number of aromatic nitrogens is 2. The topological polar surface area (TPSA) is 66.1 Å². The number of nitrogens with one attached hydrogen (secondary N) is 1. The first-order chi connectivity index (χ1) is 12.6. The zero-order chi connectivity index (χ0) is 18.5. The minimum Gasteiger partial charge on any atom is -0.332 e. The number of benzene rings is 2. The third kappa shape index (κ3) is 4.03. The van der Waals surface area contributed by atoms with Crippen LogP contribution in [0.2, 0.25) is 0 Å². The van der Waals surface area contributed by atoms with E-state index >= 15 is 0 Å². The third-order valence-electron chi connectivity index (χ3n) is 3.98. The molecule has 26 heavy (non-hydrogen) atoms. The summed E-state index contributed by atoms with van der Waals surface area (Å²) in [6, 6.07) is 12.9. The van der Waals surface area contributed by atoms with Gasteiger partial charge in [-0.25, -0.2) is 9.37 Å². The predicted octanol–water partition coefficient (Wildman–Crippen LogP) is 3.12. The van der Waals surface area contributed by atoms with E-state index in [9.17, 15) is 14.0 Å². The van der Waals surface area contributed by atoms with Gasteiger partial charge in [-0.15, -0.1) is 0 Å². The van der Waals surface area contributed by atoms with Crippen LogP contribution in [0.25, 0.3) is 17.0 Å². The van der Waals surface area contributed by atoms with Crippen LogP contribution in [0.5, 0.6) is 0 Å². The standard InChI is InChI=1S/C20H18FN3O2/c1-2-24(19(25)12-9-14-7-10-15(21)11-8-14)13-18-22-17-6-4-3-5-16(17)20(26)23-18/h3-12H,2,13H2,1H3,(H,22,23,26). The normalized spacial score (nSPS) is 11.2. The highest BCUT2D eigenvalue weighted by atomic mass is 19.1. The zero-order valence-corrected chi connectivity index (χ0v) is 14.3. The average molecular weight is 351 g/mol. The van der Waals surface area contributed by atoms with E-state index in [4.69, 9.17) is 0 Å². The molecule has 1 amide bonds. The van der Waals surface area contributed by atoms with Gasteiger partial charge in [-0.2, -0.15) is 0 Å². The number of rotatable bonds is 5. The minimum absolute atomic E-state index is 0.198. The molecule has 0 atom stereocenters. The lowest BCUT2D eigenvalue weighted by Crippen LogP contribution is -2.30. The van der Waals surface area contributed by atoms with Gasteiger partial charge in [0.05, 0.1) is 17.4 Å². The smallest absolute Gasteiger partial charge is 0.258 e. The lowest BCUT2D eigenvalue weighted by molar-refractivity contribution is -0.126. The van der Waals surface area contributed by atoms with Gasteiger partial charge in [-0.3, -0.25) is 9.59 Å². The van der Waals surface area contributed by atoms with Crippen molar-refractivity contribution in [2.45, 2.75) is 13.5 Å². The van der Waals surface area contributed by atoms with Gasteiger partial charge in [0.2, 0.25) is 5.91 Å². The Kier molecular flexibility index (Phi) is 5.22. The number of likely N-dealkylation sites (N-methyl/N-ethyl adjacent to an activating group) is 1. The van der Waals surface area contributed by atoms with Crippen LogP contribution in [0, 0.1) is 5.82 Å². The van der Waals surface area contributed by atoms with E-state index < -0.39 is 0 Å². The summed E-state index contributed by atoms with van der Waals surface area (Å²) in [5.41, 5.74) is 1.10. The molecule has 0 radical (unpaired) electrons. The summed E-state index contributed by atoms with van der Waals surface area (Å²) in [6.45, 7) is 2.51. The minimum atomic E-state index is -0.324. The number of para-hydroxylation sites is 1. The number of nitrogens with zero attached hydrogens (tertiary/aromatic N) is 2. The molecule has 0 unspecified atom stereocenters. The summed E-state index contributed by atoms with van der Waals surface area (Å²) in [5, 5.41) is 0.516. The Bertz CT molecular complexity index is 1010. The molecule has 6 heteroatoms. The summed E-state index contributed by atoms with van der Waals surface area (Å²) in [7, 11) is 0. The number of halogens is 1. The lowest BCUT2D eigenvalue weighted by Gasteiger charge is -2.18. The van der Waals surface area contributed by atoms with Gasteiger partial charge in [0.25, 0.3) is 5.56 Å². The van der Waals surface area contributed by atoms with Crippen LogP contribution >= 0.6 is 0 Å². The number of H-pyrrole nitrogens is 1. The van der Waals surface area contributed by atoms with Crippen LogP contribution in [-0.2, 0) is 11.3 Å². The first kappa shape index (κ1) is 17.5. The fraction of sp³-hybridized carbons (Fsp3) is 0.150. The van der Waals surface area contributed by atoms with Gasteiger partial charge < -0.3 is 9.88 Å². The van der Waals surface area contributed by atoms with Crippen LogP contribution in [0.1, 0.15) is 18.3 Å². The Morgan fingerprint density at radius 3 is 2.65 bits per heavy atom. The highest BCUT2D eigenvalue weighted by Gasteiger charge is 2.12. The Hall–Kier alpha value is -3.28. The summed E-state index contributed by atoms with van der Waals surface area (Å²) in [5.74, 6) is -0.110. The quantitative estimate of drug-likeness (QED) is 0.718. The Morgan fingerprint density at radius 2 is 1.92 bits per heavy atom. The van der Waals surface area contributed by atoms with E-state index in [2.05, 4.69) is 9.97 Å². The second kappa shape index (κ2) is 7.74. The Balaban J connectivity index is 1.77. The van der Waals surface area contributed by atoms with Crippen LogP contribution < -0.4 is 5.56 Å². The van der Waals surface area contributed by atoms with Crippen molar-refractivity contribution in [3.8, 4) is 0 Å². The van der Waals surface area contributed by atoms with Gasteiger partial charge in [0.1, 0.15) is 11.6 Å². The average Bonchev–Trinajstić information content (AvgIpc) is 2.65. The van der Waals surface area contributed by atoms with Gasteiger partial charge in [0, 0.05) is 12.6 Å². The van der Waals surface area contributed by atoms with E-state index in [1.54, 1.807) is 41.3 Å². The Labute approximate surface area is 149 Å². The molecule has 5 nitrogen and oxygen atoms in total. The van der Waals surface area contributed by atoms with E-state index in [1.807, 2.05) is 13.0 Å². The van der Waals surface area contributed by atoms with Crippen LogP contribution in [-0.4, -0.2) is 27.3 Å². The summed E-state index contributed by atoms with van der Waals surface area (Å²) >= 11 is 0. The molecule has 132 valence electrons. The fourth-order valence-electron chi connectivity index (χ4n) is 2.58. The summed E-state index contributed by atoms with van der Waals surface area (Å²) < 4.78 is 12.9. The summed E-state index contributed by atoms with van der Waals surface area (Å²) in [6.07, 6.45) is 3.05. The first-order valence-electron chi connectivity index (χ1n) is 8.27. The molecule has 0 aliphatic rings. The molecule has 3 rings (SSSR count). The monoisotopic (exact) mass is 351 g/mol. The molecule has 0 saturated carbocycles. The molecule has 0 fully saturated rings. The number of aromatic amines is 1. The van der Waals surface area contributed by atoms with E-state index in [-0.39, 0.29) is 23.8 Å². The van der Waals surface area contributed by atoms with Crippen molar-refractivity contribution in [3.05, 3.63) is 82.2 Å². The maximum Gasteiger partial charge on any atom is 0.258 e. The van der Waals surface area contributed by atoms with E-state index in [1.165, 1.54) is 18.2 Å². The van der Waals surface area contributed by atoms with Gasteiger partial charge in [-0.05, 0) is 42.8 Å². The van der Waals surface area contributed by atoms with Crippen molar-refractivity contribution in [1.82, 2.24) is 14.9 Å². The van der Waals surface area contributed by atoms with Crippen molar-refractivity contribution >= 4 is 22.9 Å². The van der Waals surface area contributed by atoms with Crippen molar-refractivity contribution in [2.24, 2.45) is 0 Å². The first-order valence-corrected chi connectivity index (χ1v) is 8.27. The predicted molar refractivity (Wildman–Crippen MR) is 98.9 cm³/mol. The molecule has 1 aromatic heterocycles. The number of hydrogen-bond donors (Lipinski definition) is 1. The number of hydrogen-bond acceptors (Lipinski definition) is 3. The maximum atomic E-state index is 12.9. The third-order valence-corrected chi connectivity index (χ3v) is 3.98. The summed E-state index contributed by atoms with van der Waals surface area (Å²) in [4.78, 5) is 33.3. The molecule has 3 aromatic rings. The van der Waals surface area contributed by atoms with Crippen molar-refractivity contribution in [3.63, 3.8) is 0 Å².